The van der Waals surface area contributed by atoms with E-state index in [-0.39, 0.29) is 23.2 Å². The minimum atomic E-state index is -0.771. The van der Waals surface area contributed by atoms with Crippen LogP contribution in [0.4, 0.5) is 15.8 Å². The fourth-order valence-electron chi connectivity index (χ4n) is 1.54. The van der Waals surface area contributed by atoms with Gasteiger partial charge in [0.2, 0.25) is 0 Å². The Hall–Kier alpha value is -2.18. The van der Waals surface area contributed by atoms with E-state index in [1.54, 1.807) is 6.92 Å². The second kappa shape index (κ2) is 6.31. The van der Waals surface area contributed by atoms with Crippen molar-refractivity contribution in [1.82, 2.24) is 5.32 Å². The fourth-order valence-corrected chi connectivity index (χ4v) is 1.54. The lowest BCUT2D eigenvalue weighted by atomic mass is 10.1. The molecule has 0 saturated heterocycles. The Balaban J connectivity index is 3.21. The zero-order valence-corrected chi connectivity index (χ0v) is 11.9. The van der Waals surface area contributed by atoms with Crippen LogP contribution in [-0.2, 0) is 0 Å². The van der Waals surface area contributed by atoms with Gasteiger partial charge in [-0.15, -0.1) is 0 Å². The van der Waals surface area contributed by atoms with E-state index in [2.05, 4.69) is 10.6 Å². The van der Waals surface area contributed by atoms with Crippen molar-refractivity contribution in [3.63, 3.8) is 0 Å². The van der Waals surface area contributed by atoms with E-state index in [9.17, 15) is 19.3 Å². The number of anilines is 1. The van der Waals surface area contributed by atoms with Crippen LogP contribution >= 0.6 is 0 Å². The molecule has 0 aromatic heterocycles. The third-order valence-corrected chi connectivity index (χ3v) is 3.15. The summed E-state index contributed by atoms with van der Waals surface area (Å²) in [5.74, 6) is -1.18. The predicted octanol–water partition coefficient (Wildman–Crippen LogP) is 2.55. The van der Waals surface area contributed by atoms with E-state index >= 15 is 0 Å². The maximum absolute atomic E-state index is 13.5. The highest BCUT2D eigenvalue weighted by molar-refractivity contribution is 5.99. The maximum Gasteiger partial charge on any atom is 0.285 e. The number of nitrogens with zero attached hydrogens (tertiary/aromatic N) is 1. The zero-order chi connectivity index (χ0) is 15.4. The largest absolute Gasteiger partial charge is 0.386 e. The molecule has 1 amide bonds. The van der Waals surface area contributed by atoms with Crippen LogP contribution in [0, 0.1) is 21.8 Å². The lowest BCUT2D eigenvalue weighted by Crippen LogP contribution is -2.36. The summed E-state index contributed by atoms with van der Waals surface area (Å²) in [4.78, 5) is 22.3. The molecule has 7 heteroatoms. The quantitative estimate of drug-likeness (QED) is 0.642. The Morgan fingerprint density at radius 2 is 1.95 bits per heavy atom. The molecule has 20 heavy (non-hydrogen) atoms. The van der Waals surface area contributed by atoms with Crippen molar-refractivity contribution in [1.29, 1.82) is 0 Å². The van der Waals surface area contributed by atoms with Gasteiger partial charge >= 0.3 is 0 Å². The minimum absolute atomic E-state index is 0.0398. The molecule has 0 aliphatic carbocycles. The molecule has 1 aromatic rings. The number of halogens is 1. The highest BCUT2D eigenvalue weighted by atomic mass is 19.1. The molecule has 1 atom stereocenters. The minimum Gasteiger partial charge on any atom is -0.386 e. The topological polar surface area (TPSA) is 84.3 Å². The Morgan fingerprint density at radius 3 is 2.40 bits per heavy atom. The summed E-state index contributed by atoms with van der Waals surface area (Å²) in [6, 6.07) is 1.75. The van der Waals surface area contributed by atoms with E-state index in [1.165, 1.54) is 7.05 Å². The Labute approximate surface area is 116 Å². The first-order valence-electron chi connectivity index (χ1n) is 6.24. The van der Waals surface area contributed by atoms with Gasteiger partial charge < -0.3 is 10.6 Å². The lowest BCUT2D eigenvalue weighted by Gasteiger charge is -2.17. The number of hydrogen-bond acceptors (Lipinski definition) is 4. The van der Waals surface area contributed by atoms with Gasteiger partial charge in [0.25, 0.3) is 11.6 Å². The maximum atomic E-state index is 13.5. The van der Waals surface area contributed by atoms with Gasteiger partial charge in [0.1, 0.15) is 5.56 Å². The molecule has 0 saturated carbocycles. The first kappa shape index (κ1) is 15.9. The van der Waals surface area contributed by atoms with E-state index in [0.717, 1.165) is 12.1 Å². The fraction of sp³-hybridized carbons (Fsp3) is 0.462. The van der Waals surface area contributed by atoms with Crippen molar-refractivity contribution in [2.45, 2.75) is 26.8 Å². The highest BCUT2D eigenvalue weighted by Crippen LogP contribution is 2.26. The molecule has 6 nitrogen and oxygen atoms in total. The van der Waals surface area contributed by atoms with E-state index in [1.807, 2.05) is 13.8 Å². The van der Waals surface area contributed by atoms with E-state index < -0.39 is 22.3 Å². The Bertz CT molecular complexity index is 532. The van der Waals surface area contributed by atoms with Crippen LogP contribution in [0.3, 0.4) is 0 Å². The van der Waals surface area contributed by atoms with Crippen LogP contribution in [0.15, 0.2) is 12.1 Å². The van der Waals surface area contributed by atoms with Crippen LogP contribution in [0.1, 0.15) is 31.1 Å². The Kier molecular flexibility index (Phi) is 5.01. The molecule has 110 valence electrons. The Morgan fingerprint density at radius 1 is 1.35 bits per heavy atom. The van der Waals surface area contributed by atoms with Crippen LogP contribution in [0.2, 0.25) is 0 Å². The molecule has 0 bridgehead atoms. The summed E-state index contributed by atoms with van der Waals surface area (Å²) >= 11 is 0. The molecular weight excluding hydrogens is 265 g/mol. The van der Waals surface area contributed by atoms with Crippen molar-refractivity contribution >= 4 is 17.3 Å². The molecule has 0 radical (unpaired) electrons. The zero-order valence-electron chi connectivity index (χ0n) is 11.9. The SMILES string of the molecule is CNc1cc(C(=O)NC(C)C(C)C)c([N+](=O)[O-])cc1F. The summed E-state index contributed by atoms with van der Waals surface area (Å²) in [6.45, 7) is 5.64. The summed E-state index contributed by atoms with van der Waals surface area (Å²) < 4.78 is 13.5. The number of nitro groups is 1. The van der Waals surface area contributed by atoms with Crippen LogP contribution in [0.25, 0.3) is 0 Å². The van der Waals surface area contributed by atoms with Gasteiger partial charge in [0.05, 0.1) is 16.7 Å². The van der Waals surface area contributed by atoms with E-state index in [4.69, 9.17) is 0 Å². The van der Waals surface area contributed by atoms with Gasteiger partial charge in [0.15, 0.2) is 5.82 Å². The number of nitrogens with one attached hydrogen (secondary N) is 2. The summed E-state index contributed by atoms with van der Waals surface area (Å²) in [7, 11) is 1.47. The lowest BCUT2D eigenvalue weighted by molar-refractivity contribution is -0.385. The van der Waals surface area contributed by atoms with Crippen molar-refractivity contribution in [2.75, 3.05) is 12.4 Å². The predicted molar refractivity (Wildman–Crippen MR) is 74.4 cm³/mol. The number of carbonyl (C=O) groups is 1. The van der Waals surface area contributed by atoms with Gasteiger partial charge in [-0.25, -0.2) is 4.39 Å². The molecule has 0 aliphatic heterocycles. The van der Waals surface area contributed by atoms with Gasteiger partial charge in [-0.2, -0.15) is 0 Å². The molecule has 1 unspecified atom stereocenters. The number of benzene rings is 1. The number of rotatable bonds is 5. The average molecular weight is 283 g/mol. The van der Waals surface area contributed by atoms with Gasteiger partial charge in [-0.3, -0.25) is 14.9 Å². The van der Waals surface area contributed by atoms with Gasteiger partial charge in [-0.05, 0) is 18.9 Å². The van der Waals surface area contributed by atoms with Crippen molar-refractivity contribution < 1.29 is 14.1 Å². The van der Waals surface area contributed by atoms with Crippen LogP contribution < -0.4 is 10.6 Å². The number of hydrogen-bond donors (Lipinski definition) is 2. The second-order valence-electron chi connectivity index (χ2n) is 4.86. The van der Waals surface area contributed by atoms with Crippen molar-refractivity contribution in [2.24, 2.45) is 5.92 Å². The number of nitro benzene ring substituents is 1. The van der Waals surface area contributed by atoms with Gasteiger partial charge in [-0.1, -0.05) is 13.8 Å². The molecule has 1 rings (SSSR count). The summed E-state index contributed by atoms with van der Waals surface area (Å²) in [5, 5.41) is 16.2. The molecule has 0 aliphatic rings. The first-order chi connectivity index (χ1) is 9.27. The smallest absolute Gasteiger partial charge is 0.285 e. The van der Waals surface area contributed by atoms with Crippen LogP contribution in [-0.4, -0.2) is 23.9 Å². The standard InChI is InChI=1S/C13H18FN3O3/c1-7(2)8(3)16-13(18)9-5-11(15-4)10(14)6-12(9)17(19)20/h5-8,15H,1-4H3,(H,16,18). The van der Waals surface area contributed by atoms with E-state index in [0.29, 0.717) is 0 Å². The first-order valence-corrected chi connectivity index (χ1v) is 6.24. The van der Waals surface area contributed by atoms with Gasteiger partial charge in [0, 0.05) is 13.1 Å². The molecule has 1 aromatic carbocycles. The molecule has 0 spiro atoms. The van der Waals surface area contributed by atoms with Crippen molar-refractivity contribution in [3.8, 4) is 0 Å². The second-order valence-corrected chi connectivity index (χ2v) is 4.86. The van der Waals surface area contributed by atoms with Crippen LogP contribution in [0.5, 0.6) is 0 Å². The third-order valence-electron chi connectivity index (χ3n) is 3.15. The molecule has 0 fully saturated rings. The highest BCUT2D eigenvalue weighted by Gasteiger charge is 2.24. The number of carbonyl (C=O) groups excluding carboxylic acids is 1. The third kappa shape index (κ3) is 3.43. The summed E-state index contributed by atoms with van der Waals surface area (Å²) in [6.07, 6.45) is 0. The molecule has 2 N–H and O–H groups in total. The monoisotopic (exact) mass is 283 g/mol. The normalized spacial score (nSPS) is 12.1. The number of amides is 1. The summed E-state index contributed by atoms with van der Waals surface area (Å²) in [5.41, 5.74) is -0.666. The molecule has 0 heterocycles. The van der Waals surface area contributed by atoms with Crippen molar-refractivity contribution in [3.05, 3.63) is 33.6 Å². The average Bonchev–Trinajstić information content (AvgIpc) is 2.37. The molecular formula is C13H18FN3O3.